The second-order valence-electron chi connectivity index (χ2n) is 4.15. The average molecular weight is 294 g/mol. The van der Waals surface area contributed by atoms with E-state index in [0.717, 1.165) is 4.90 Å². The van der Waals surface area contributed by atoms with Crippen LogP contribution in [0.1, 0.15) is 6.92 Å². The van der Waals surface area contributed by atoms with Crippen LogP contribution in [-0.2, 0) is 19.1 Å². The van der Waals surface area contributed by atoms with Crippen molar-refractivity contribution in [3.8, 4) is 5.75 Å². The van der Waals surface area contributed by atoms with Crippen LogP contribution in [0.2, 0.25) is 0 Å². The minimum absolute atomic E-state index is 0.233. The molecule has 1 aromatic carbocycles. The van der Waals surface area contributed by atoms with E-state index in [1.165, 1.54) is 6.92 Å². The standard InChI is InChI=1S/C14H14O5S/c1-9(2)14(16)17-7-12(15)19-13-8-20-11-6-4-3-5-10(11)18-13/h3-6,13H,1,7-8H2,2H3. The molecule has 106 valence electrons. The highest BCUT2D eigenvalue weighted by Crippen LogP contribution is 2.35. The summed E-state index contributed by atoms with van der Waals surface area (Å²) in [5.41, 5.74) is 0.233. The van der Waals surface area contributed by atoms with Gasteiger partial charge in [-0.2, -0.15) is 0 Å². The van der Waals surface area contributed by atoms with Crippen molar-refractivity contribution in [1.29, 1.82) is 0 Å². The molecule has 0 aliphatic carbocycles. The minimum Gasteiger partial charge on any atom is -0.453 e. The molecule has 0 aromatic heterocycles. The predicted molar refractivity (Wildman–Crippen MR) is 73.4 cm³/mol. The number of rotatable bonds is 4. The van der Waals surface area contributed by atoms with Gasteiger partial charge in [0.15, 0.2) is 6.61 Å². The summed E-state index contributed by atoms with van der Waals surface area (Å²) in [6.07, 6.45) is -0.675. The maximum atomic E-state index is 11.5. The highest BCUT2D eigenvalue weighted by Gasteiger charge is 2.23. The molecule has 1 atom stereocenters. The Morgan fingerprint density at radius 2 is 2.20 bits per heavy atom. The highest BCUT2D eigenvalue weighted by atomic mass is 32.2. The fourth-order valence-electron chi connectivity index (χ4n) is 1.49. The molecule has 2 rings (SSSR count). The lowest BCUT2D eigenvalue weighted by Gasteiger charge is -2.24. The van der Waals surface area contributed by atoms with Gasteiger partial charge in [-0.3, -0.25) is 0 Å². The number of carbonyl (C=O) groups is 2. The second kappa shape index (κ2) is 6.47. The van der Waals surface area contributed by atoms with Crippen molar-refractivity contribution in [3.63, 3.8) is 0 Å². The molecule has 1 heterocycles. The maximum Gasteiger partial charge on any atom is 0.347 e. The molecule has 0 radical (unpaired) electrons. The molecule has 0 N–H and O–H groups in total. The number of esters is 2. The number of benzene rings is 1. The van der Waals surface area contributed by atoms with E-state index in [2.05, 4.69) is 6.58 Å². The Balaban J connectivity index is 1.82. The lowest BCUT2D eigenvalue weighted by atomic mass is 10.3. The molecular formula is C14H14O5S. The first kappa shape index (κ1) is 14.5. The topological polar surface area (TPSA) is 61.8 Å². The molecule has 0 bridgehead atoms. The van der Waals surface area contributed by atoms with Crippen molar-refractivity contribution in [2.24, 2.45) is 0 Å². The third-order valence-electron chi connectivity index (χ3n) is 2.41. The monoisotopic (exact) mass is 294 g/mol. The van der Waals surface area contributed by atoms with Gasteiger partial charge in [-0.15, -0.1) is 11.8 Å². The van der Waals surface area contributed by atoms with E-state index in [1.54, 1.807) is 11.8 Å². The summed E-state index contributed by atoms with van der Waals surface area (Å²) in [4.78, 5) is 23.7. The van der Waals surface area contributed by atoms with E-state index < -0.39 is 24.8 Å². The molecular weight excluding hydrogens is 280 g/mol. The number of para-hydroxylation sites is 1. The van der Waals surface area contributed by atoms with Gasteiger partial charge in [-0.05, 0) is 19.1 Å². The Hall–Kier alpha value is -1.95. The van der Waals surface area contributed by atoms with Crippen LogP contribution in [0.25, 0.3) is 0 Å². The Morgan fingerprint density at radius 3 is 2.95 bits per heavy atom. The zero-order valence-corrected chi connectivity index (χ0v) is 11.8. The van der Waals surface area contributed by atoms with E-state index in [-0.39, 0.29) is 5.57 Å². The van der Waals surface area contributed by atoms with Crippen molar-refractivity contribution in [2.45, 2.75) is 18.1 Å². The first-order valence-corrected chi connectivity index (χ1v) is 6.95. The van der Waals surface area contributed by atoms with Crippen molar-refractivity contribution in [2.75, 3.05) is 12.4 Å². The van der Waals surface area contributed by atoms with E-state index in [1.807, 2.05) is 24.3 Å². The van der Waals surface area contributed by atoms with Crippen molar-refractivity contribution >= 4 is 23.7 Å². The van der Waals surface area contributed by atoms with Gasteiger partial charge in [-0.1, -0.05) is 18.7 Å². The van der Waals surface area contributed by atoms with Gasteiger partial charge < -0.3 is 14.2 Å². The van der Waals surface area contributed by atoms with E-state index >= 15 is 0 Å². The molecule has 0 spiro atoms. The van der Waals surface area contributed by atoms with Crippen LogP contribution in [0.3, 0.4) is 0 Å². The molecule has 6 heteroatoms. The lowest BCUT2D eigenvalue weighted by molar-refractivity contribution is -0.170. The molecule has 0 saturated heterocycles. The highest BCUT2D eigenvalue weighted by molar-refractivity contribution is 7.99. The Bertz CT molecular complexity index is 540. The van der Waals surface area contributed by atoms with Gasteiger partial charge in [0.05, 0.1) is 5.75 Å². The summed E-state index contributed by atoms with van der Waals surface area (Å²) < 4.78 is 15.3. The SMILES string of the molecule is C=C(C)C(=O)OCC(=O)OC1CSc2ccccc2O1. The largest absolute Gasteiger partial charge is 0.453 e. The van der Waals surface area contributed by atoms with Crippen molar-refractivity contribution in [1.82, 2.24) is 0 Å². The predicted octanol–water partition coefficient (Wildman–Crippen LogP) is 2.16. The summed E-state index contributed by atoms with van der Waals surface area (Å²) in [5, 5.41) is 0. The van der Waals surface area contributed by atoms with Gasteiger partial charge in [0.25, 0.3) is 6.29 Å². The average Bonchev–Trinajstić information content (AvgIpc) is 2.44. The van der Waals surface area contributed by atoms with Crippen LogP contribution in [0, 0.1) is 0 Å². The minimum atomic E-state index is -0.675. The molecule has 0 fully saturated rings. The maximum absolute atomic E-state index is 11.5. The zero-order chi connectivity index (χ0) is 14.5. The van der Waals surface area contributed by atoms with Gasteiger partial charge in [0, 0.05) is 10.5 Å². The van der Waals surface area contributed by atoms with Crippen LogP contribution in [0.15, 0.2) is 41.3 Å². The molecule has 20 heavy (non-hydrogen) atoms. The van der Waals surface area contributed by atoms with Gasteiger partial charge in [-0.25, -0.2) is 9.59 Å². The summed E-state index contributed by atoms with van der Waals surface area (Å²) in [7, 11) is 0. The number of carbonyl (C=O) groups excluding carboxylic acids is 2. The van der Waals surface area contributed by atoms with Gasteiger partial charge in [0.1, 0.15) is 5.75 Å². The second-order valence-corrected chi connectivity index (χ2v) is 5.21. The first-order valence-electron chi connectivity index (χ1n) is 5.97. The quantitative estimate of drug-likeness (QED) is 0.626. The van der Waals surface area contributed by atoms with E-state index in [0.29, 0.717) is 11.5 Å². The third kappa shape index (κ3) is 3.77. The third-order valence-corrected chi connectivity index (χ3v) is 3.50. The van der Waals surface area contributed by atoms with Crippen LogP contribution >= 0.6 is 11.8 Å². The molecule has 1 unspecified atom stereocenters. The number of hydrogen-bond acceptors (Lipinski definition) is 6. The Morgan fingerprint density at radius 1 is 1.45 bits per heavy atom. The number of hydrogen-bond donors (Lipinski definition) is 0. The lowest BCUT2D eigenvalue weighted by Crippen LogP contribution is -2.31. The van der Waals surface area contributed by atoms with Crippen molar-refractivity contribution in [3.05, 3.63) is 36.4 Å². The normalized spacial score (nSPS) is 16.6. The Labute approximate surface area is 120 Å². The zero-order valence-electron chi connectivity index (χ0n) is 11.0. The summed E-state index contributed by atoms with van der Waals surface area (Å²) >= 11 is 1.54. The fourth-order valence-corrected chi connectivity index (χ4v) is 2.37. The fraction of sp³-hybridized carbons (Fsp3) is 0.286. The van der Waals surface area contributed by atoms with Crippen LogP contribution in [0.4, 0.5) is 0 Å². The summed E-state index contributed by atoms with van der Waals surface area (Å²) in [5.74, 6) is -0.0896. The van der Waals surface area contributed by atoms with Crippen LogP contribution < -0.4 is 4.74 Å². The number of fused-ring (bicyclic) bond motifs is 1. The first-order chi connectivity index (χ1) is 9.56. The van der Waals surface area contributed by atoms with Crippen molar-refractivity contribution < 1.29 is 23.8 Å². The smallest absolute Gasteiger partial charge is 0.347 e. The number of ether oxygens (including phenoxy) is 3. The van der Waals surface area contributed by atoms with Crippen LogP contribution in [0.5, 0.6) is 5.75 Å². The van der Waals surface area contributed by atoms with Gasteiger partial charge >= 0.3 is 11.9 Å². The van der Waals surface area contributed by atoms with Crippen LogP contribution in [-0.4, -0.2) is 30.6 Å². The Kier molecular flexibility index (Phi) is 4.68. The molecule has 1 aromatic rings. The molecule has 1 aliphatic heterocycles. The van der Waals surface area contributed by atoms with Gasteiger partial charge in [0.2, 0.25) is 0 Å². The van der Waals surface area contributed by atoms with E-state index in [9.17, 15) is 9.59 Å². The van der Waals surface area contributed by atoms with E-state index in [4.69, 9.17) is 14.2 Å². The molecule has 0 saturated carbocycles. The molecule has 5 nitrogen and oxygen atoms in total. The summed E-state index contributed by atoms with van der Waals surface area (Å²) in [6, 6.07) is 7.51. The molecule has 0 amide bonds. The summed E-state index contributed by atoms with van der Waals surface area (Å²) in [6.45, 7) is 4.48. The molecule has 1 aliphatic rings. The number of thioether (sulfide) groups is 1.